The summed E-state index contributed by atoms with van der Waals surface area (Å²) in [7, 11) is 0. The summed E-state index contributed by atoms with van der Waals surface area (Å²) in [5.41, 5.74) is 3.54. The minimum atomic E-state index is -0.734. The molecule has 110 valence electrons. The summed E-state index contributed by atoms with van der Waals surface area (Å²) in [6.45, 7) is 3.72. The molecule has 0 radical (unpaired) electrons. The molecule has 0 amide bonds. The average molecular weight is 283 g/mol. The molecule has 0 unspecified atom stereocenters. The monoisotopic (exact) mass is 283 g/mol. The van der Waals surface area contributed by atoms with Crippen LogP contribution in [0.1, 0.15) is 19.8 Å². The zero-order valence-electron chi connectivity index (χ0n) is 12.3. The molecule has 0 atom stereocenters. The van der Waals surface area contributed by atoms with Crippen LogP contribution in [-0.2, 0) is 4.79 Å². The fraction of sp³-hybridized carbons (Fsp3) is 0.278. The first-order valence-corrected chi connectivity index (χ1v) is 7.33. The number of carbonyl (C=O) groups is 1. The van der Waals surface area contributed by atoms with Gasteiger partial charge in [0.1, 0.15) is 0 Å². The van der Waals surface area contributed by atoms with Crippen LogP contribution in [0.25, 0.3) is 11.1 Å². The predicted molar refractivity (Wildman–Crippen MR) is 86.6 cm³/mol. The molecule has 2 aromatic rings. The van der Waals surface area contributed by atoms with Crippen molar-refractivity contribution in [1.29, 1.82) is 0 Å². The Morgan fingerprint density at radius 1 is 1.05 bits per heavy atom. The lowest BCUT2D eigenvalue weighted by molar-refractivity contribution is -0.137. The first-order chi connectivity index (χ1) is 10.2. The van der Waals surface area contributed by atoms with Crippen molar-refractivity contribution < 1.29 is 9.90 Å². The summed E-state index contributed by atoms with van der Waals surface area (Å²) < 4.78 is 0. The Kier molecular flexibility index (Phi) is 5.38. The highest BCUT2D eigenvalue weighted by Gasteiger charge is 2.11. The van der Waals surface area contributed by atoms with Crippen molar-refractivity contribution in [3.05, 3.63) is 54.6 Å². The molecule has 2 aromatic carbocycles. The van der Waals surface area contributed by atoms with E-state index in [1.54, 1.807) is 0 Å². The van der Waals surface area contributed by atoms with E-state index in [9.17, 15) is 4.79 Å². The van der Waals surface area contributed by atoms with E-state index in [-0.39, 0.29) is 6.42 Å². The zero-order chi connectivity index (χ0) is 15.1. The van der Waals surface area contributed by atoms with Gasteiger partial charge in [0.2, 0.25) is 0 Å². The molecule has 0 aliphatic rings. The minimum absolute atomic E-state index is 0.212. The molecule has 0 saturated carbocycles. The van der Waals surface area contributed by atoms with Gasteiger partial charge in [-0.1, -0.05) is 48.5 Å². The molecule has 0 aromatic heterocycles. The molecule has 0 bridgehead atoms. The summed E-state index contributed by atoms with van der Waals surface area (Å²) in [6, 6.07) is 18.6. The van der Waals surface area contributed by atoms with Crippen molar-refractivity contribution in [1.82, 2.24) is 0 Å². The number of anilines is 1. The molecular formula is C18H21NO2. The Hall–Kier alpha value is -2.29. The summed E-state index contributed by atoms with van der Waals surface area (Å²) in [5.74, 6) is -0.734. The zero-order valence-corrected chi connectivity index (χ0v) is 12.3. The third-order valence-corrected chi connectivity index (χ3v) is 3.53. The number of nitrogens with zero attached hydrogens (tertiary/aromatic N) is 1. The van der Waals surface area contributed by atoms with Gasteiger partial charge in [-0.25, -0.2) is 0 Å². The van der Waals surface area contributed by atoms with Crippen LogP contribution in [0.15, 0.2) is 54.6 Å². The van der Waals surface area contributed by atoms with Crippen LogP contribution in [0, 0.1) is 0 Å². The van der Waals surface area contributed by atoms with Gasteiger partial charge in [0.15, 0.2) is 0 Å². The lowest BCUT2D eigenvalue weighted by Gasteiger charge is -2.25. The maximum atomic E-state index is 10.7. The first-order valence-electron chi connectivity index (χ1n) is 7.33. The smallest absolute Gasteiger partial charge is 0.303 e. The van der Waals surface area contributed by atoms with Crippen LogP contribution < -0.4 is 4.90 Å². The maximum Gasteiger partial charge on any atom is 0.303 e. The van der Waals surface area contributed by atoms with Gasteiger partial charge in [0, 0.05) is 30.8 Å². The van der Waals surface area contributed by atoms with E-state index in [0.29, 0.717) is 6.42 Å². The molecule has 1 N–H and O–H groups in total. The van der Waals surface area contributed by atoms with Crippen LogP contribution in [0.4, 0.5) is 5.69 Å². The second-order valence-electron chi connectivity index (χ2n) is 4.96. The second kappa shape index (κ2) is 7.48. The predicted octanol–water partition coefficient (Wildman–Crippen LogP) is 4.04. The lowest BCUT2D eigenvalue weighted by atomic mass is 10.0. The number of para-hydroxylation sites is 1. The van der Waals surface area contributed by atoms with E-state index in [1.165, 1.54) is 11.1 Å². The molecule has 3 nitrogen and oxygen atoms in total. The lowest BCUT2D eigenvalue weighted by Crippen LogP contribution is -2.25. The standard InChI is InChI=1S/C18H21NO2/c1-2-19(14-8-13-18(20)21)17-12-7-6-11-16(17)15-9-4-3-5-10-15/h3-7,9-12H,2,8,13-14H2,1H3,(H,20,21). The molecule has 2 rings (SSSR count). The van der Waals surface area contributed by atoms with Crippen molar-refractivity contribution in [2.45, 2.75) is 19.8 Å². The van der Waals surface area contributed by atoms with Crippen molar-refractivity contribution in [2.24, 2.45) is 0 Å². The SMILES string of the molecule is CCN(CCCC(=O)O)c1ccccc1-c1ccccc1. The molecule has 0 fully saturated rings. The topological polar surface area (TPSA) is 40.5 Å². The second-order valence-corrected chi connectivity index (χ2v) is 4.96. The summed E-state index contributed by atoms with van der Waals surface area (Å²) in [6.07, 6.45) is 0.871. The van der Waals surface area contributed by atoms with E-state index in [2.05, 4.69) is 36.1 Å². The van der Waals surface area contributed by atoms with Crippen molar-refractivity contribution >= 4 is 11.7 Å². The van der Waals surface area contributed by atoms with Gasteiger partial charge in [-0.2, -0.15) is 0 Å². The molecule has 0 saturated heterocycles. The van der Waals surface area contributed by atoms with E-state index in [4.69, 9.17) is 5.11 Å². The summed E-state index contributed by atoms with van der Waals surface area (Å²) in [4.78, 5) is 12.9. The Bertz CT molecular complexity index is 581. The highest BCUT2D eigenvalue weighted by atomic mass is 16.4. The van der Waals surface area contributed by atoms with Crippen LogP contribution in [0.3, 0.4) is 0 Å². The van der Waals surface area contributed by atoms with E-state index < -0.39 is 5.97 Å². The Labute approximate surface area is 125 Å². The quantitative estimate of drug-likeness (QED) is 0.833. The minimum Gasteiger partial charge on any atom is -0.481 e. The molecular weight excluding hydrogens is 262 g/mol. The van der Waals surface area contributed by atoms with Crippen LogP contribution in [-0.4, -0.2) is 24.2 Å². The van der Waals surface area contributed by atoms with Crippen LogP contribution in [0.2, 0.25) is 0 Å². The summed E-state index contributed by atoms with van der Waals surface area (Å²) in [5, 5.41) is 8.78. The number of benzene rings is 2. The number of carboxylic acids is 1. The van der Waals surface area contributed by atoms with E-state index in [0.717, 1.165) is 18.8 Å². The van der Waals surface area contributed by atoms with Gasteiger partial charge in [0.05, 0.1) is 0 Å². The molecule has 0 aliphatic carbocycles. The van der Waals surface area contributed by atoms with Crippen molar-refractivity contribution in [3.63, 3.8) is 0 Å². The van der Waals surface area contributed by atoms with E-state index in [1.807, 2.05) is 30.3 Å². The van der Waals surface area contributed by atoms with Gasteiger partial charge in [-0.3, -0.25) is 4.79 Å². The Morgan fingerprint density at radius 2 is 1.71 bits per heavy atom. The Balaban J connectivity index is 2.23. The number of rotatable bonds is 7. The highest BCUT2D eigenvalue weighted by molar-refractivity contribution is 5.78. The number of hydrogen-bond acceptors (Lipinski definition) is 2. The molecule has 3 heteroatoms. The van der Waals surface area contributed by atoms with Crippen molar-refractivity contribution in [2.75, 3.05) is 18.0 Å². The number of aliphatic carboxylic acids is 1. The van der Waals surface area contributed by atoms with Gasteiger partial charge in [0.25, 0.3) is 0 Å². The first kappa shape index (κ1) is 15.1. The van der Waals surface area contributed by atoms with Crippen molar-refractivity contribution in [3.8, 4) is 11.1 Å². The largest absolute Gasteiger partial charge is 0.481 e. The Morgan fingerprint density at radius 3 is 2.38 bits per heavy atom. The third-order valence-electron chi connectivity index (χ3n) is 3.53. The van der Waals surface area contributed by atoms with Gasteiger partial charge >= 0.3 is 5.97 Å². The summed E-state index contributed by atoms with van der Waals surface area (Å²) >= 11 is 0. The fourth-order valence-corrected chi connectivity index (χ4v) is 2.48. The van der Waals surface area contributed by atoms with Gasteiger partial charge in [-0.05, 0) is 25.0 Å². The maximum absolute atomic E-state index is 10.7. The molecule has 0 aliphatic heterocycles. The number of hydrogen-bond donors (Lipinski definition) is 1. The van der Waals surface area contributed by atoms with Gasteiger partial charge in [-0.15, -0.1) is 0 Å². The normalized spacial score (nSPS) is 10.3. The van der Waals surface area contributed by atoms with Gasteiger partial charge < -0.3 is 10.0 Å². The number of carboxylic acid groups (broad SMARTS) is 1. The molecule has 0 spiro atoms. The average Bonchev–Trinajstić information content (AvgIpc) is 2.52. The molecule has 21 heavy (non-hydrogen) atoms. The van der Waals surface area contributed by atoms with E-state index >= 15 is 0 Å². The highest BCUT2D eigenvalue weighted by Crippen LogP contribution is 2.30. The van der Waals surface area contributed by atoms with Crippen LogP contribution in [0.5, 0.6) is 0 Å². The fourth-order valence-electron chi connectivity index (χ4n) is 2.48. The van der Waals surface area contributed by atoms with Crippen LogP contribution >= 0.6 is 0 Å². The third kappa shape index (κ3) is 4.09. The molecule has 0 heterocycles.